The molecule has 1 unspecified atom stereocenters. The molecule has 1 atom stereocenters. The molecule has 20 heavy (non-hydrogen) atoms. The Labute approximate surface area is 119 Å². The van der Waals surface area contributed by atoms with E-state index in [9.17, 15) is 8.42 Å². The van der Waals surface area contributed by atoms with Gasteiger partial charge in [-0.05, 0) is 50.5 Å². The number of rotatable bonds is 5. The average molecular weight is 293 g/mol. The smallest absolute Gasteiger partial charge is 0.241 e. The van der Waals surface area contributed by atoms with Gasteiger partial charge >= 0.3 is 0 Å². The fraction of sp³-hybridized carbons (Fsp3) is 0.333. The van der Waals surface area contributed by atoms with Crippen LogP contribution in [0.4, 0.5) is 0 Å². The molecule has 0 saturated carbocycles. The lowest BCUT2D eigenvalue weighted by Crippen LogP contribution is -2.34. The molecule has 0 fully saturated rings. The van der Waals surface area contributed by atoms with Gasteiger partial charge in [0.25, 0.3) is 0 Å². The molecule has 0 bridgehead atoms. The summed E-state index contributed by atoms with van der Waals surface area (Å²) in [6, 6.07) is 6.97. The Kier molecular flexibility index (Phi) is 4.30. The molecular weight excluding hydrogens is 274 g/mol. The maximum absolute atomic E-state index is 12.4. The van der Waals surface area contributed by atoms with Crippen LogP contribution in [0.3, 0.4) is 0 Å². The Morgan fingerprint density at radius 2 is 2.00 bits per heavy atom. The SMILES string of the molecule is Cc1ccc(S(=O)(=O)NC(C)Cc2ccoc2)c(C)c1. The molecule has 1 N–H and O–H groups in total. The lowest BCUT2D eigenvalue weighted by molar-refractivity contribution is 0.549. The molecule has 0 aliphatic rings. The van der Waals surface area contributed by atoms with Crippen LogP contribution in [0.25, 0.3) is 0 Å². The molecule has 2 rings (SSSR count). The number of aryl methyl sites for hydroxylation is 2. The highest BCUT2D eigenvalue weighted by molar-refractivity contribution is 7.89. The summed E-state index contributed by atoms with van der Waals surface area (Å²) in [5, 5.41) is 0. The lowest BCUT2D eigenvalue weighted by atomic mass is 10.1. The molecule has 0 amide bonds. The first kappa shape index (κ1) is 14.8. The molecule has 108 valence electrons. The Hall–Kier alpha value is -1.59. The van der Waals surface area contributed by atoms with Gasteiger partial charge in [-0.1, -0.05) is 17.7 Å². The fourth-order valence-corrected chi connectivity index (χ4v) is 3.70. The monoisotopic (exact) mass is 293 g/mol. The predicted molar refractivity (Wildman–Crippen MR) is 78.1 cm³/mol. The minimum atomic E-state index is -3.49. The van der Waals surface area contributed by atoms with Gasteiger partial charge in [0, 0.05) is 6.04 Å². The van der Waals surface area contributed by atoms with E-state index in [1.165, 1.54) is 0 Å². The molecule has 1 heterocycles. The van der Waals surface area contributed by atoms with E-state index < -0.39 is 10.0 Å². The van der Waals surface area contributed by atoms with Crippen LogP contribution in [-0.2, 0) is 16.4 Å². The Bertz CT molecular complexity index is 675. The van der Waals surface area contributed by atoms with Crippen LogP contribution in [-0.4, -0.2) is 14.5 Å². The standard InChI is InChI=1S/C15H19NO3S/c1-11-4-5-15(12(2)8-11)20(17,18)16-13(3)9-14-6-7-19-10-14/h4-8,10,13,16H,9H2,1-3H3. The van der Waals surface area contributed by atoms with E-state index in [1.807, 2.05) is 39.0 Å². The van der Waals surface area contributed by atoms with Gasteiger partial charge < -0.3 is 4.42 Å². The van der Waals surface area contributed by atoms with E-state index in [2.05, 4.69) is 4.72 Å². The van der Waals surface area contributed by atoms with Crippen LogP contribution in [0.15, 0.2) is 46.1 Å². The number of benzene rings is 1. The topological polar surface area (TPSA) is 59.3 Å². The molecule has 0 radical (unpaired) electrons. The van der Waals surface area contributed by atoms with Crippen LogP contribution in [0.2, 0.25) is 0 Å². The van der Waals surface area contributed by atoms with E-state index in [4.69, 9.17) is 4.42 Å². The van der Waals surface area contributed by atoms with Crippen molar-refractivity contribution in [2.24, 2.45) is 0 Å². The third-order valence-electron chi connectivity index (χ3n) is 3.10. The molecule has 0 spiro atoms. The summed E-state index contributed by atoms with van der Waals surface area (Å²) in [4.78, 5) is 0.335. The van der Waals surface area contributed by atoms with E-state index in [1.54, 1.807) is 18.6 Å². The highest BCUT2D eigenvalue weighted by atomic mass is 32.2. The summed E-state index contributed by atoms with van der Waals surface area (Å²) in [5.41, 5.74) is 2.78. The number of hydrogen-bond donors (Lipinski definition) is 1. The van der Waals surface area contributed by atoms with Crippen molar-refractivity contribution < 1.29 is 12.8 Å². The second kappa shape index (κ2) is 5.81. The minimum absolute atomic E-state index is 0.196. The van der Waals surface area contributed by atoms with E-state index in [0.29, 0.717) is 11.3 Å². The van der Waals surface area contributed by atoms with Crippen LogP contribution in [0, 0.1) is 13.8 Å². The van der Waals surface area contributed by atoms with Gasteiger partial charge in [-0.2, -0.15) is 0 Å². The highest BCUT2D eigenvalue weighted by Gasteiger charge is 2.19. The van der Waals surface area contributed by atoms with Crippen molar-refractivity contribution in [3.05, 3.63) is 53.5 Å². The zero-order valence-electron chi connectivity index (χ0n) is 11.9. The first-order valence-electron chi connectivity index (χ1n) is 6.49. The molecule has 0 aliphatic carbocycles. The van der Waals surface area contributed by atoms with Crippen LogP contribution in [0.5, 0.6) is 0 Å². The quantitative estimate of drug-likeness (QED) is 0.922. The van der Waals surface area contributed by atoms with E-state index in [0.717, 1.165) is 16.7 Å². The maximum atomic E-state index is 12.4. The Balaban J connectivity index is 2.14. The van der Waals surface area contributed by atoms with Gasteiger partial charge in [0.2, 0.25) is 10.0 Å². The van der Waals surface area contributed by atoms with E-state index >= 15 is 0 Å². The summed E-state index contributed by atoms with van der Waals surface area (Å²) in [5.74, 6) is 0. The van der Waals surface area contributed by atoms with Crippen LogP contribution in [0.1, 0.15) is 23.6 Å². The second-order valence-corrected chi connectivity index (χ2v) is 6.81. The largest absolute Gasteiger partial charge is 0.472 e. The van der Waals surface area contributed by atoms with Crippen molar-refractivity contribution in [2.75, 3.05) is 0 Å². The summed E-state index contributed by atoms with van der Waals surface area (Å²) < 4.78 is 32.4. The van der Waals surface area contributed by atoms with Gasteiger partial charge in [0.1, 0.15) is 0 Å². The zero-order chi connectivity index (χ0) is 14.8. The fourth-order valence-electron chi connectivity index (χ4n) is 2.23. The van der Waals surface area contributed by atoms with Gasteiger partial charge in [0.15, 0.2) is 0 Å². The van der Waals surface area contributed by atoms with E-state index in [-0.39, 0.29) is 6.04 Å². The Morgan fingerprint density at radius 3 is 2.60 bits per heavy atom. The van der Waals surface area contributed by atoms with Crippen molar-refractivity contribution in [3.63, 3.8) is 0 Å². The third-order valence-corrected chi connectivity index (χ3v) is 4.85. The number of hydrogen-bond acceptors (Lipinski definition) is 3. The lowest BCUT2D eigenvalue weighted by Gasteiger charge is -2.15. The summed E-state index contributed by atoms with van der Waals surface area (Å²) in [6.07, 6.45) is 3.81. The molecule has 1 aromatic carbocycles. The van der Waals surface area contributed by atoms with Crippen LogP contribution >= 0.6 is 0 Å². The summed E-state index contributed by atoms with van der Waals surface area (Å²) in [7, 11) is -3.49. The van der Waals surface area contributed by atoms with Gasteiger partial charge in [-0.3, -0.25) is 0 Å². The van der Waals surface area contributed by atoms with Crippen molar-refractivity contribution >= 4 is 10.0 Å². The van der Waals surface area contributed by atoms with Crippen LogP contribution < -0.4 is 4.72 Å². The molecule has 4 nitrogen and oxygen atoms in total. The molecule has 0 saturated heterocycles. The number of furan rings is 1. The van der Waals surface area contributed by atoms with Gasteiger partial charge in [-0.15, -0.1) is 0 Å². The summed E-state index contributed by atoms with van der Waals surface area (Å²) >= 11 is 0. The van der Waals surface area contributed by atoms with Crippen molar-refractivity contribution in [2.45, 2.75) is 38.1 Å². The predicted octanol–water partition coefficient (Wildman–Crippen LogP) is 2.81. The van der Waals surface area contributed by atoms with Gasteiger partial charge in [-0.25, -0.2) is 13.1 Å². The molecule has 0 aliphatic heterocycles. The van der Waals surface area contributed by atoms with Crippen molar-refractivity contribution in [1.82, 2.24) is 4.72 Å². The number of sulfonamides is 1. The Morgan fingerprint density at radius 1 is 1.25 bits per heavy atom. The number of nitrogens with one attached hydrogen (secondary N) is 1. The average Bonchev–Trinajstić information content (AvgIpc) is 2.79. The normalized spacial score (nSPS) is 13.3. The van der Waals surface area contributed by atoms with Crippen molar-refractivity contribution in [1.29, 1.82) is 0 Å². The first-order chi connectivity index (χ1) is 9.38. The highest BCUT2D eigenvalue weighted by Crippen LogP contribution is 2.17. The molecule has 5 heteroatoms. The zero-order valence-corrected chi connectivity index (χ0v) is 12.7. The van der Waals surface area contributed by atoms with Crippen molar-refractivity contribution in [3.8, 4) is 0 Å². The van der Waals surface area contributed by atoms with Gasteiger partial charge in [0.05, 0.1) is 17.4 Å². The second-order valence-electron chi connectivity index (χ2n) is 5.13. The first-order valence-corrected chi connectivity index (χ1v) is 7.97. The molecule has 1 aromatic heterocycles. The molecule has 2 aromatic rings. The third kappa shape index (κ3) is 3.49. The molecular formula is C15H19NO3S. The minimum Gasteiger partial charge on any atom is -0.472 e. The maximum Gasteiger partial charge on any atom is 0.241 e. The summed E-state index contributed by atoms with van der Waals surface area (Å²) in [6.45, 7) is 5.59.